The Labute approximate surface area is 240 Å². The molecule has 0 aliphatic heterocycles. The van der Waals surface area contributed by atoms with Gasteiger partial charge in [-0.15, -0.1) is 0 Å². The lowest BCUT2D eigenvalue weighted by molar-refractivity contribution is -0.123. The van der Waals surface area contributed by atoms with Gasteiger partial charge in [0.25, 0.3) is 0 Å². The fraction of sp³-hybridized carbons (Fsp3) is 0.303. The van der Waals surface area contributed by atoms with Gasteiger partial charge in [-0.05, 0) is 43.7 Å². The van der Waals surface area contributed by atoms with E-state index in [9.17, 15) is 14.7 Å². The van der Waals surface area contributed by atoms with Crippen molar-refractivity contribution in [2.24, 2.45) is 0 Å². The van der Waals surface area contributed by atoms with Crippen LogP contribution in [-0.2, 0) is 22.6 Å². The molecule has 0 radical (unpaired) electrons. The highest BCUT2D eigenvalue weighted by Crippen LogP contribution is 2.26. The van der Waals surface area contributed by atoms with Crippen molar-refractivity contribution in [1.82, 2.24) is 15.6 Å². The standard InChI is InChI=1S/C33H37N3O5/c1-24-11-10-14-25(21-24)18-19-28(31(38)32-35-22-29(41-32)27-15-6-3-7-16-27)36-30(37)17-8-9-20-34-33(39)40-23-26-12-4-2-5-13-26/h2-7,10-16,21-22,28,31,38H,8-9,17-20,23H2,1H3,(H,34,39)(H,36,37)/t28-,31?/m0/s1. The number of nitrogens with one attached hydrogen (secondary N) is 2. The van der Waals surface area contributed by atoms with Crippen molar-refractivity contribution in [2.45, 2.75) is 57.8 Å². The zero-order chi connectivity index (χ0) is 28.9. The summed E-state index contributed by atoms with van der Waals surface area (Å²) in [6.45, 7) is 2.64. The van der Waals surface area contributed by atoms with Crippen LogP contribution in [0.5, 0.6) is 0 Å². The predicted octanol–water partition coefficient (Wildman–Crippen LogP) is 5.90. The topological polar surface area (TPSA) is 114 Å². The van der Waals surface area contributed by atoms with Crippen LogP contribution in [0.15, 0.2) is 95.5 Å². The lowest BCUT2D eigenvalue weighted by Gasteiger charge is -2.22. The van der Waals surface area contributed by atoms with Gasteiger partial charge in [0.2, 0.25) is 11.8 Å². The first-order valence-electron chi connectivity index (χ1n) is 14.0. The highest BCUT2D eigenvalue weighted by atomic mass is 16.5. The molecule has 0 saturated heterocycles. The van der Waals surface area contributed by atoms with Gasteiger partial charge >= 0.3 is 6.09 Å². The second-order valence-corrected chi connectivity index (χ2v) is 10.0. The van der Waals surface area contributed by atoms with E-state index in [1.165, 1.54) is 0 Å². The lowest BCUT2D eigenvalue weighted by Crippen LogP contribution is -2.40. The number of amides is 2. The Morgan fingerprint density at radius 2 is 1.68 bits per heavy atom. The van der Waals surface area contributed by atoms with Gasteiger partial charge in [-0.2, -0.15) is 0 Å². The molecule has 3 N–H and O–H groups in total. The monoisotopic (exact) mass is 555 g/mol. The van der Waals surface area contributed by atoms with Crippen molar-refractivity contribution in [3.8, 4) is 11.3 Å². The van der Waals surface area contributed by atoms with Gasteiger partial charge in [-0.1, -0.05) is 90.5 Å². The van der Waals surface area contributed by atoms with Crippen LogP contribution in [0.4, 0.5) is 4.79 Å². The van der Waals surface area contributed by atoms with E-state index in [0.29, 0.717) is 38.0 Å². The molecule has 0 saturated carbocycles. The van der Waals surface area contributed by atoms with Crippen molar-refractivity contribution in [3.63, 3.8) is 0 Å². The fourth-order valence-electron chi connectivity index (χ4n) is 4.49. The predicted molar refractivity (Wildman–Crippen MR) is 157 cm³/mol. The number of aromatic nitrogens is 1. The molecule has 2 atom stereocenters. The third kappa shape index (κ3) is 9.61. The summed E-state index contributed by atoms with van der Waals surface area (Å²) >= 11 is 0. The molecule has 3 aromatic carbocycles. The average Bonchev–Trinajstić information content (AvgIpc) is 3.49. The van der Waals surface area contributed by atoms with Gasteiger partial charge in [-0.25, -0.2) is 9.78 Å². The number of aliphatic hydroxyl groups is 1. The fourth-order valence-corrected chi connectivity index (χ4v) is 4.49. The Morgan fingerprint density at radius 1 is 0.951 bits per heavy atom. The summed E-state index contributed by atoms with van der Waals surface area (Å²) in [5, 5.41) is 16.9. The third-order valence-electron chi connectivity index (χ3n) is 6.70. The van der Waals surface area contributed by atoms with Crippen LogP contribution >= 0.6 is 0 Å². The molecule has 41 heavy (non-hydrogen) atoms. The van der Waals surface area contributed by atoms with Gasteiger partial charge in [0.15, 0.2) is 11.9 Å². The molecule has 1 aromatic heterocycles. The minimum atomic E-state index is -1.11. The summed E-state index contributed by atoms with van der Waals surface area (Å²) in [6, 6.07) is 26.6. The molecule has 0 aliphatic rings. The number of carbonyl (C=O) groups is 2. The molecule has 1 heterocycles. The summed E-state index contributed by atoms with van der Waals surface area (Å²) < 4.78 is 11.1. The number of aliphatic hydroxyl groups excluding tert-OH is 1. The minimum Gasteiger partial charge on any atom is -0.445 e. The number of benzene rings is 3. The van der Waals surface area contributed by atoms with Gasteiger partial charge < -0.3 is 24.9 Å². The van der Waals surface area contributed by atoms with E-state index in [2.05, 4.69) is 21.7 Å². The number of oxazole rings is 1. The van der Waals surface area contributed by atoms with Crippen LogP contribution < -0.4 is 10.6 Å². The number of nitrogens with zero attached hydrogens (tertiary/aromatic N) is 1. The van der Waals surface area contributed by atoms with E-state index in [1.54, 1.807) is 6.20 Å². The molecule has 0 spiro atoms. The van der Waals surface area contributed by atoms with Gasteiger partial charge in [-0.3, -0.25) is 4.79 Å². The first-order chi connectivity index (χ1) is 20.0. The van der Waals surface area contributed by atoms with Crippen molar-refractivity contribution < 1.29 is 23.8 Å². The summed E-state index contributed by atoms with van der Waals surface area (Å²) in [7, 11) is 0. The van der Waals surface area contributed by atoms with Crippen molar-refractivity contribution in [3.05, 3.63) is 114 Å². The van der Waals surface area contributed by atoms with Crippen LogP contribution in [0.1, 0.15) is 54.4 Å². The van der Waals surface area contributed by atoms with E-state index < -0.39 is 18.2 Å². The van der Waals surface area contributed by atoms with Crippen LogP contribution in [0.25, 0.3) is 11.3 Å². The highest BCUT2D eigenvalue weighted by Gasteiger charge is 2.27. The van der Waals surface area contributed by atoms with E-state index in [4.69, 9.17) is 9.15 Å². The number of hydrogen-bond donors (Lipinski definition) is 3. The number of carbonyl (C=O) groups excluding carboxylic acids is 2. The van der Waals surface area contributed by atoms with E-state index in [1.807, 2.05) is 85.8 Å². The number of unbranched alkanes of at least 4 members (excludes halogenated alkanes) is 1. The maximum absolute atomic E-state index is 12.9. The molecule has 8 heteroatoms. The molecule has 8 nitrogen and oxygen atoms in total. The summed E-state index contributed by atoms with van der Waals surface area (Å²) in [5.74, 6) is 0.537. The molecule has 2 amide bonds. The van der Waals surface area contributed by atoms with E-state index in [-0.39, 0.29) is 24.8 Å². The number of rotatable bonds is 14. The van der Waals surface area contributed by atoms with E-state index >= 15 is 0 Å². The lowest BCUT2D eigenvalue weighted by atomic mass is 9.99. The normalized spacial score (nSPS) is 12.3. The van der Waals surface area contributed by atoms with Crippen LogP contribution in [0, 0.1) is 6.92 Å². The molecule has 4 rings (SSSR count). The first-order valence-corrected chi connectivity index (χ1v) is 14.0. The molecule has 0 bridgehead atoms. The summed E-state index contributed by atoms with van der Waals surface area (Å²) in [5.41, 5.74) is 4.05. The smallest absolute Gasteiger partial charge is 0.407 e. The van der Waals surface area contributed by atoms with Crippen molar-refractivity contribution in [1.29, 1.82) is 0 Å². The van der Waals surface area contributed by atoms with Crippen LogP contribution in [-0.4, -0.2) is 34.7 Å². The molecule has 0 aliphatic carbocycles. The van der Waals surface area contributed by atoms with Crippen LogP contribution in [0.3, 0.4) is 0 Å². The Hall–Kier alpha value is -4.43. The number of ether oxygens (including phenoxy) is 1. The number of aryl methyl sites for hydroxylation is 2. The zero-order valence-electron chi connectivity index (χ0n) is 23.3. The molecular weight excluding hydrogens is 518 g/mol. The van der Waals surface area contributed by atoms with Gasteiger partial charge in [0.05, 0.1) is 12.2 Å². The molecule has 1 unspecified atom stereocenters. The quantitative estimate of drug-likeness (QED) is 0.167. The van der Waals surface area contributed by atoms with Gasteiger partial charge in [0, 0.05) is 18.5 Å². The Kier molecular flexibility index (Phi) is 11.1. The maximum atomic E-state index is 12.9. The Bertz CT molecular complexity index is 1370. The molecule has 214 valence electrons. The Balaban J connectivity index is 1.27. The third-order valence-corrected chi connectivity index (χ3v) is 6.70. The molecule has 4 aromatic rings. The maximum Gasteiger partial charge on any atom is 0.407 e. The SMILES string of the molecule is Cc1cccc(CC[C@H](NC(=O)CCCCNC(=O)OCc2ccccc2)C(O)c2ncc(-c3ccccc3)o2)c1. The highest BCUT2D eigenvalue weighted by molar-refractivity contribution is 5.76. The number of alkyl carbamates (subject to hydrolysis) is 1. The summed E-state index contributed by atoms with van der Waals surface area (Å²) in [4.78, 5) is 29.1. The summed E-state index contributed by atoms with van der Waals surface area (Å²) in [6.07, 6.45) is 2.62. The van der Waals surface area contributed by atoms with Crippen molar-refractivity contribution >= 4 is 12.0 Å². The zero-order valence-corrected chi connectivity index (χ0v) is 23.3. The average molecular weight is 556 g/mol. The Morgan fingerprint density at radius 3 is 2.44 bits per heavy atom. The van der Waals surface area contributed by atoms with E-state index in [0.717, 1.165) is 22.3 Å². The second-order valence-electron chi connectivity index (χ2n) is 10.0. The van der Waals surface area contributed by atoms with Crippen LogP contribution in [0.2, 0.25) is 0 Å². The largest absolute Gasteiger partial charge is 0.445 e. The van der Waals surface area contributed by atoms with Crippen molar-refractivity contribution in [2.75, 3.05) is 6.54 Å². The minimum absolute atomic E-state index is 0.164. The second kappa shape index (κ2) is 15.4. The van der Waals surface area contributed by atoms with Gasteiger partial charge in [0.1, 0.15) is 6.61 Å². The molecular formula is C33H37N3O5. The first kappa shape index (κ1) is 29.6. The molecule has 0 fully saturated rings. The number of hydrogen-bond acceptors (Lipinski definition) is 6.